The molecule has 1 atom stereocenters. The van der Waals surface area contributed by atoms with Crippen LogP contribution in [0.3, 0.4) is 0 Å². The van der Waals surface area contributed by atoms with E-state index in [1.54, 1.807) is 7.05 Å². The van der Waals surface area contributed by atoms with Crippen molar-refractivity contribution in [1.29, 1.82) is 0 Å². The minimum Gasteiger partial charge on any atom is -0.394 e. The molecule has 0 spiro atoms. The van der Waals surface area contributed by atoms with E-state index in [9.17, 15) is 9.90 Å². The van der Waals surface area contributed by atoms with Gasteiger partial charge in [-0.2, -0.15) is 5.10 Å². The number of amides is 2. The Labute approximate surface area is 146 Å². The number of nitrogens with zero attached hydrogens (tertiary/aromatic N) is 3. The Bertz CT molecular complexity index is 853. The highest BCUT2D eigenvalue weighted by molar-refractivity contribution is 5.89. The first-order chi connectivity index (χ1) is 12.1. The number of hydrogen-bond donors (Lipinski definition) is 2. The van der Waals surface area contributed by atoms with E-state index in [2.05, 4.69) is 10.4 Å². The third-order valence-corrected chi connectivity index (χ3v) is 4.39. The Kier molecular flexibility index (Phi) is 5.00. The lowest BCUT2D eigenvalue weighted by atomic mass is 10.2. The first-order valence-corrected chi connectivity index (χ1v) is 8.32. The maximum atomic E-state index is 12.2. The topological polar surface area (TPSA) is 70.4 Å². The predicted octanol–water partition coefficient (Wildman–Crippen LogP) is 3.26. The van der Waals surface area contributed by atoms with Crippen LogP contribution in [0.4, 0.5) is 10.5 Å². The second-order valence-electron chi connectivity index (χ2n) is 5.95. The van der Waals surface area contributed by atoms with Crippen molar-refractivity contribution in [2.75, 3.05) is 19.0 Å². The molecule has 0 bridgehead atoms. The number of aliphatic hydroxyl groups excluding tert-OH is 1. The second kappa shape index (κ2) is 7.36. The fourth-order valence-corrected chi connectivity index (χ4v) is 2.77. The molecule has 6 heteroatoms. The minimum absolute atomic E-state index is 0.0499. The highest BCUT2D eigenvalue weighted by Gasteiger charge is 2.17. The third kappa shape index (κ3) is 3.49. The molecule has 0 fully saturated rings. The number of carbonyl (C=O) groups is 1. The molecule has 130 valence electrons. The fourth-order valence-electron chi connectivity index (χ4n) is 2.77. The zero-order chi connectivity index (χ0) is 17.8. The van der Waals surface area contributed by atoms with Crippen LogP contribution >= 0.6 is 0 Å². The van der Waals surface area contributed by atoms with E-state index >= 15 is 0 Å². The van der Waals surface area contributed by atoms with Gasteiger partial charge in [0.1, 0.15) is 0 Å². The van der Waals surface area contributed by atoms with Gasteiger partial charge in [-0.3, -0.25) is 0 Å². The van der Waals surface area contributed by atoms with Crippen LogP contribution in [0, 0.1) is 0 Å². The summed E-state index contributed by atoms with van der Waals surface area (Å²) in [4.78, 5) is 13.8. The van der Waals surface area contributed by atoms with Gasteiger partial charge in [0.05, 0.1) is 30.0 Å². The molecule has 0 aliphatic heterocycles. The molecule has 0 saturated heterocycles. The van der Waals surface area contributed by atoms with E-state index in [0.29, 0.717) is 12.1 Å². The molecule has 0 saturated carbocycles. The van der Waals surface area contributed by atoms with Gasteiger partial charge in [0.2, 0.25) is 0 Å². The molecule has 6 nitrogen and oxygen atoms in total. The van der Waals surface area contributed by atoms with E-state index < -0.39 is 0 Å². The lowest BCUT2D eigenvalue weighted by Crippen LogP contribution is -2.41. The molecular weight excluding hydrogens is 316 g/mol. The summed E-state index contributed by atoms with van der Waals surface area (Å²) in [5.41, 5.74) is 2.66. The van der Waals surface area contributed by atoms with Crippen LogP contribution in [0.1, 0.15) is 13.3 Å². The van der Waals surface area contributed by atoms with Crippen molar-refractivity contribution in [1.82, 2.24) is 14.7 Å². The smallest absolute Gasteiger partial charge is 0.321 e. The summed E-state index contributed by atoms with van der Waals surface area (Å²) in [5.74, 6) is 0. The van der Waals surface area contributed by atoms with Crippen LogP contribution in [-0.2, 0) is 0 Å². The molecule has 0 aliphatic carbocycles. The maximum Gasteiger partial charge on any atom is 0.321 e. The summed E-state index contributed by atoms with van der Waals surface area (Å²) in [6.45, 7) is 1.89. The van der Waals surface area contributed by atoms with Crippen LogP contribution < -0.4 is 5.32 Å². The van der Waals surface area contributed by atoms with Gasteiger partial charge < -0.3 is 15.3 Å². The predicted molar refractivity (Wildman–Crippen MR) is 99.0 cm³/mol. The molecule has 25 heavy (non-hydrogen) atoms. The van der Waals surface area contributed by atoms with Gasteiger partial charge >= 0.3 is 6.03 Å². The lowest BCUT2D eigenvalue weighted by Gasteiger charge is -2.25. The Morgan fingerprint density at radius 2 is 1.96 bits per heavy atom. The van der Waals surface area contributed by atoms with E-state index in [4.69, 9.17) is 0 Å². The van der Waals surface area contributed by atoms with Gasteiger partial charge in [0.25, 0.3) is 0 Å². The number of rotatable bonds is 5. The summed E-state index contributed by atoms with van der Waals surface area (Å²) < 4.78 is 1.87. The Hall–Kier alpha value is -2.86. The zero-order valence-corrected chi connectivity index (χ0v) is 14.4. The number of aliphatic hydroxyl groups is 1. The van der Waals surface area contributed by atoms with Crippen molar-refractivity contribution >= 4 is 22.6 Å². The number of likely N-dealkylation sites (N-methyl/N-ethyl adjacent to an activating group) is 1. The number of para-hydroxylation sites is 1. The maximum absolute atomic E-state index is 12.2. The minimum atomic E-state index is -0.238. The number of urea groups is 1. The summed E-state index contributed by atoms with van der Waals surface area (Å²) in [7, 11) is 1.68. The fraction of sp³-hybridized carbons (Fsp3) is 0.263. The molecule has 2 N–H and O–H groups in total. The first kappa shape index (κ1) is 17.0. The van der Waals surface area contributed by atoms with E-state index in [0.717, 1.165) is 16.6 Å². The molecule has 1 aromatic heterocycles. The Morgan fingerprint density at radius 3 is 2.64 bits per heavy atom. The number of hydrogen-bond acceptors (Lipinski definition) is 3. The molecule has 1 unspecified atom stereocenters. The van der Waals surface area contributed by atoms with Crippen LogP contribution in [-0.4, -0.2) is 45.5 Å². The van der Waals surface area contributed by atoms with E-state index in [1.807, 2.05) is 66.3 Å². The molecular formula is C19H22N4O2. The summed E-state index contributed by atoms with van der Waals surface area (Å²) >= 11 is 0. The van der Waals surface area contributed by atoms with Gasteiger partial charge in [-0.1, -0.05) is 25.1 Å². The highest BCUT2D eigenvalue weighted by atomic mass is 16.3. The van der Waals surface area contributed by atoms with E-state index in [-0.39, 0.29) is 18.7 Å². The SMILES string of the molecule is CCC(CO)N(C)C(=O)Nc1ccc(-n2ncc3ccccc32)cc1. The van der Waals surface area contributed by atoms with Gasteiger partial charge in [-0.15, -0.1) is 0 Å². The van der Waals surface area contributed by atoms with Crippen molar-refractivity contribution < 1.29 is 9.90 Å². The molecule has 3 aromatic rings. The van der Waals surface area contributed by atoms with Crippen molar-refractivity contribution in [3.8, 4) is 5.69 Å². The van der Waals surface area contributed by atoms with Crippen molar-refractivity contribution in [2.24, 2.45) is 0 Å². The first-order valence-electron chi connectivity index (χ1n) is 8.32. The Balaban J connectivity index is 1.75. The van der Waals surface area contributed by atoms with Gasteiger partial charge in [0, 0.05) is 18.1 Å². The average molecular weight is 338 g/mol. The molecule has 0 radical (unpaired) electrons. The largest absolute Gasteiger partial charge is 0.394 e. The summed E-state index contributed by atoms with van der Waals surface area (Å²) in [6.07, 6.45) is 2.53. The molecule has 2 aromatic carbocycles. The molecule has 0 aliphatic rings. The lowest BCUT2D eigenvalue weighted by molar-refractivity contribution is 0.155. The average Bonchev–Trinajstić information content (AvgIpc) is 3.07. The summed E-state index contributed by atoms with van der Waals surface area (Å²) in [6, 6.07) is 15.1. The zero-order valence-electron chi connectivity index (χ0n) is 14.4. The normalized spacial score (nSPS) is 12.1. The standard InChI is InChI=1S/C19H22N4O2/c1-3-16(13-24)22(2)19(25)21-15-8-10-17(11-9-15)23-18-7-5-4-6-14(18)12-20-23/h4-12,16,24H,3,13H2,1-2H3,(H,21,25). The van der Waals surface area contributed by atoms with E-state index in [1.165, 1.54) is 4.90 Å². The van der Waals surface area contributed by atoms with Crippen molar-refractivity contribution in [2.45, 2.75) is 19.4 Å². The monoisotopic (exact) mass is 338 g/mol. The van der Waals surface area contributed by atoms with Gasteiger partial charge in [-0.05, 0) is 36.8 Å². The number of carbonyl (C=O) groups excluding carboxylic acids is 1. The third-order valence-electron chi connectivity index (χ3n) is 4.39. The second-order valence-corrected chi connectivity index (χ2v) is 5.95. The van der Waals surface area contributed by atoms with Crippen LogP contribution in [0.5, 0.6) is 0 Å². The van der Waals surface area contributed by atoms with Crippen LogP contribution in [0.2, 0.25) is 0 Å². The molecule has 2 amide bonds. The Morgan fingerprint density at radius 1 is 1.24 bits per heavy atom. The number of aromatic nitrogens is 2. The van der Waals surface area contributed by atoms with Crippen LogP contribution in [0.25, 0.3) is 16.6 Å². The van der Waals surface area contributed by atoms with Crippen LogP contribution in [0.15, 0.2) is 54.7 Å². The quantitative estimate of drug-likeness (QED) is 0.750. The number of nitrogens with one attached hydrogen (secondary N) is 1. The number of fused-ring (bicyclic) bond motifs is 1. The number of benzene rings is 2. The summed E-state index contributed by atoms with van der Waals surface area (Å²) in [5, 5.41) is 17.7. The van der Waals surface area contributed by atoms with Gasteiger partial charge in [-0.25, -0.2) is 9.48 Å². The molecule has 3 rings (SSSR count). The highest BCUT2D eigenvalue weighted by Crippen LogP contribution is 2.19. The van der Waals surface area contributed by atoms with Gasteiger partial charge in [0.15, 0.2) is 0 Å². The number of anilines is 1. The van der Waals surface area contributed by atoms with Crippen molar-refractivity contribution in [3.05, 3.63) is 54.7 Å². The van der Waals surface area contributed by atoms with Crippen molar-refractivity contribution in [3.63, 3.8) is 0 Å². The molecule has 1 heterocycles.